The van der Waals surface area contributed by atoms with E-state index in [2.05, 4.69) is 49.4 Å². The first-order chi connectivity index (χ1) is 19.1. The van der Waals surface area contributed by atoms with Crippen molar-refractivity contribution < 1.29 is 9.47 Å². The summed E-state index contributed by atoms with van der Waals surface area (Å²) < 4.78 is 12.7. The molecular weight excluding hydrogens is 494 g/mol. The van der Waals surface area contributed by atoms with Crippen molar-refractivity contribution in [2.24, 2.45) is 0 Å². The third-order valence-corrected chi connectivity index (χ3v) is 6.77. The van der Waals surface area contributed by atoms with Gasteiger partial charge in [0.25, 0.3) is 5.56 Å². The summed E-state index contributed by atoms with van der Waals surface area (Å²) in [6.07, 6.45) is 4.33. The summed E-state index contributed by atoms with van der Waals surface area (Å²) in [4.78, 5) is 22.8. The SMILES string of the molecule is CC[C@H](c1nnnn1Cc1ccccc1)N(Cc1cccnc1)Cc1cc2cc(OC)c(OC)cc2[nH]c1=O. The third-order valence-electron chi connectivity index (χ3n) is 6.77. The van der Waals surface area contributed by atoms with Crippen molar-refractivity contribution in [2.75, 3.05) is 14.2 Å². The van der Waals surface area contributed by atoms with E-state index in [0.29, 0.717) is 42.2 Å². The second-order valence-corrected chi connectivity index (χ2v) is 9.29. The van der Waals surface area contributed by atoms with Crippen LogP contribution in [0.1, 0.15) is 41.9 Å². The van der Waals surface area contributed by atoms with E-state index in [0.717, 1.165) is 28.8 Å². The van der Waals surface area contributed by atoms with E-state index in [-0.39, 0.29) is 11.6 Å². The summed E-state index contributed by atoms with van der Waals surface area (Å²) in [5.74, 6) is 1.90. The van der Waals surface area contributed by atoms with Crippen LogP contribution in [-0.4, -0.2) is 49.3 Å². The molecule has 0 saturated heterocycles. The first-order valence-corrected chi connectivity index (χ1v) is 12.8. The molecule has 2 aromatic carbocycles. The molecule has 200 valence electrons. The van der Waals surface area contributed by atoms with Crippen molar-refractivity contribution in [3.8, 4) is 11.5 Å². The van der Waals surface area contributed by atoms with Crippen molar-refractivity contribution in [3.63, 3.8) is 0 Å². The maximum absolute atomic E-state index is 13.3. The van der Waals surface area contributed by atoms with Gasteiger partial charge in [0, 0.05) is 42.5 Å². The molecule has 0 unspecified atom stereocenters. The van der Waals surface area contributed by atoms with Crippen LogP contribution in [0.4, 0.5) is 0 Å². The molecule has 5 rings (SSSR count). The molecule has 0 fully saturated rings. The third kappa shape index (κ3) is 5.80. The molecular formula is C29H31N7O3. The molecule has 0 aliphatic rings. The standard InChI is InChI=1S/C29H31N7O3/c1-4-25(28-32-33-34-36(28)18-20-9-6-5-7-10-20)35(17-21-11-8-12-30-16-21)19-23-13-22-14-26(38-2)27(39-3)15-24(22)31-29(23)37/h5-16,25H,4,17-19H2,1-3H3,(H,31,37)/t25-/m1/s1. The van der Waals surface area contributed by atoms with E-state index in [1.807, 2.05) is 53.3 Å². The molecule has 0 amide bonds. The first-order valence-electron chi connectivity index (χ1n) is 12.8. The van der Waals surface area contributed by atoms with E-state index in [1.165, 1.54) is 0 Å². The van der Waals surface area contributed by atoms with Crippen LogP contribution in [0.5, 0.6) is 11.5 Å². The number of ether oxygens (including phenoxy) is 2. The maximum atomic E-state index is 13.3. The fourth-order valence-electron chi connectivity index (χ4n) is 4.84. The number of nitrogens with one attached hydrogen (secondary N) is 1. The van der Waals surface area contributed by atoms with Crippen molar-refractivity contribution in [3.05, 3.63) is 106 Å². The van der Waals surface area contributed by atoms with Crippen LogP contribution >= 0.6 is 0 Å². The van der Waals surface area contributed by atoms with Crippen LogP contribution in [-0.2, 0) is 19.6 Å². The van der Waals surface area contributed by atoms with E-state index < -0.39 is 0 Å². The van der Waals surface area contributed by atoms with Crippen molar-refractivity contribution in [2.45, 2.75) is 39.0 Å². The van der Waals surface area contributed by atoms with E-state index in [1.54, 1.807) is 26.5 Å². The van der Waals surface area contributed by atoms with Crippen LogP contribution in [0.2, 0.25) is 0 Å². The number of hydrogen-bond acceptors (Lipinski definition) is 8. The Kier molecular flexibility index (Phi) is 7.93. The normalized spacial score (nSPS) is 12.1. The molecule has 5 aromatic rings. The second kappa shape index (κ2) is 11.9. The number of nitrogens with zero attached hydrogens (tertiary/aromatic N) is 6. The molecule has 10 heteroatoms. The highest BCUT2D eigenvalue weighted by Gasteiger charge is 2.26. The molecule has 1 atom stereocenters. The van der Waals surface area contributed by atoms with E-state index in [4.69, 9.17) is 9.47 Å². The predicted molar refractivity (Wildman–Crippen MR) is 148 cm³/mol. The Morgan fingerprint density at radius 3 is 2.46 bits per heavy atom. The van der Waals surface area contributed by atoms with Gasteiger partial charge >= 0.3 is 0 Å². The maximum Gasteiger partial charge on any atom is 0.252 e. The zero-order valence-electron chi connectivity index (χ0n) is 22.2. The lowest BCUT2D eigenvalue weighted by Crippen LogP contribution is -2.32. The molecule has 10 nitrogen and oxygen atoms in total. The number of pyridine rings is 2. The average Bonchev–Trinajstić information content (AvgIpc) is 3.41. The largest absolute Gasteiger partial charge is 0.493 e. The van der Waals surface area contributed by atoms with Crippen LogP contribution in [0.3, 0.4) is 0 Å². The van der Waals surface area contributed by atoms with Crippen LogP contribution in [0, 0.1) is 0 Å². The average molecular weight is 526 g/mol. The van der Waals surface area contributed by atoms with Gasteiger partial charge in [-0.25, -0.2) is 4.68 Å². The Morgan fingerprint density at radius 2 is 1.74 bits per heavy atom. The van der Waals surface area contributed by atoms with Crippen LogP contribution in [0.25, 0.3) is 10.9 Å². The molecule has 3 aromatic heterocycles. The van der Waals surface area contributed by atoms with Crippen LogP contribution < -0.4 is 15.0 Å². The highest BCUT2D eigenvalue weighted by atomic mass is 16.5. The fourth-order valence-corrected chi connectivity index (χ4v) is 4.84. The van der Waals surface area contributed by atoms with Gasteiger partial charge in [0.15, 0.2) is 17.3 Å². The second-order valence-electron chi connectivity index (χ2n) is 9.29. The summed E-state index contributed by atoms with van der Waals surface area (Å²) in [5, 5.41) is 13.6. The van der Waals surface area contributed by atoms with Gasteiger partial charge in [-0.05, 0) is 46.2 Å². The van der Waals surface area contributed by atoms with Gasteiger partial charge in [0.05, 0.1) is 32.3 Å². The molecule has 0 bridgehead atoms. The number of H-pyrrole nitrogens is 1. The topological polar surface area (TPSA) is 111 Å². The van der Waals surface area contributed by atoms with Gasteiger partial charge in [0.1, 0.15) is 0 Å². The molecule has 3 heterocycles. The Bertz CT molecular complexity index is 1590. The van der Waals surface area contributed by atoms with Gasteiger partial charge in [-0.1, -0.05) is 43.3 Å². The van der Waals surface area contributed by atoms with Gasteiger partial charge in [-0.3, -0.25) is 14.7 Å². The van der Waals surface area contributed by atoms with Gasteiger partial charge in [0.2, 0.25) is 0 Å². The number of tetrazole rings is 1. The summed E-state index contributed by atoms with van der Waals surface area (Å²) in [6, 6.07) is 19.4. The fraction of sp³-hybridized carbons (Fsp3) is 0.276. The van der Waals surface area contributed by atoms with Gasteiger partial charge < -0.3 is 14.5 Å². The zero-order chi connectivity index (χ0) is 27.2. The summed E-state index contributed by atoms with van der Waals surface area (Å²) in [7, 11) is 3.17. The Labute approximate surface area is 226 Å². The summed E-state index contributed by atoms with van der Waals surface area (Å²) in [5.41, 5.74) is 3.28. The number of methoxy groups -OCH3 is 2. The first kappa shape index (κ1) is 26.1. The lowest BCUT2D eigenvalue weighted by molar-refractivity contribution is 0.161. The number of hydrogen-bond donors (Lipinski definition) is 1. The van der Waals surface area contributed by atoms with Gasteiger partial charge in [-0.2, -0.15) is 0 Å². The minimum atomic E-state index is -0.162. The molecule has 39 heavy (non-hydrogen) atoms. The Balaban J connectivity index is 1.53. The number of aromatic amines is 1. The molecule has 1 N–H and O–H groups in total. The molecule has 0 aliphatic carbocycles. The number of rotatable bonds is 11. The monoisotopic (exact) mass is 525 g/mol. The predicted octanol–water partition coefficient (Wildman–Crippen LogP) is 4.13. The van der Waals surface area contributed by atoms with Gasteiger partial charge in [-0.15, -0.1) is 5.10 Å². The summed E-state index contributed by atoms with van der Waals surface area (Å²) in [6.45, 7) is 3.60. The minimum Gasteiger partial charge on any atom is -0.493 e. The van der Waals surface area contributed by atoms with Crippen molar-refractivity contribution >= 4 is 10.9 Å². The van der Waals surface area contributed by atoms with Crippen LogP contribution in [0.15, 0.2) is 77.9 Å². The molecule has 0 radical (unpaired) electrons. The quantitative estimate of drug-likeness (QED) is 0.274. The molecule has 0 aliphatic heterocycles. The Morgan fingerprint density at radius 1 is 0.974 bits per heavy atom. The highest BCUT2D eigenvalue weighted by molar-refractivity contribution is 5.83. The number of aromatic nitrogens is 6. The zero-order valence-corrected chi connectivity index (χ0v) is 22.2. The smallest absolute Gasteiger partial charge is 0.252 e. The van der Waals surface area contributed by atoms with Crippen molar-refractivity contribution in [1.82, 2.24) is 35.1 Å². The Hall–Kier alpha value is -4.57. The number of benzene rings is 2. The van der Waals surface area contributed by atoms with Crippen molar-refractivity contribution in [1.29, 1.82) is 0 Å². The molecule has 0 spiro atoms. The number of fused-ring (bicyclic) bond motifs is 1. The summed E-state index contributed by atoms with van der Waals surface area (Å²) >= 11 is 0. The highest BCUT2D eigenvalue weighted by Crippen LogP contribution is 2.32. The lowest BCUT2D eigenvalue weighted by Gasteiger charge is -2.30. The minimum absolute atomic E-state index is 0.149. The molecule has 0 saturated carbocycles. The van der Waals surface area contributed by atoms with E-state index >= 15 is 0 Å². The lowest BCUT2D eigenvalue weighted by atomic mass is 10.1. The van der Waals surface area contributed by atoms with E-state index in [9.17, 15) is 4.79 Å².